The number of Topliss-reactive ketones (excluding diaryl/α,β-unsaturated/α-hetero) is 1. The van der Waals surface area contributed by atoms with Gasteiger partial charge in [-0.25, -0.2) is 9.78 Å². The lowest BCUT2D eigenvalue weighted by Gasteiger charge is -2.09. The Morgan fingerprint density at radius 2 is 1.95 bits per heavy atom. The number of carbonyl (C=O) groups is 2. The highest BCUT2D eigenvalue weighted by atomic mass is 16.6. The quantitative estimate of drug-likeness (QED) is 0.480. The van der Waals surface area contributed by atoms with E-state index in [2.05, 4.69) is 9.97 Å². The summed E-state index contributed by atoms with van der Waals surface area (Å²) in [5.41, 5.74) is 0.561. The van der Waals surface area contributed by atoms with Gasteiger partial charge in [-0.1, -0.05) is 0 Å². The van der Waals surface area contributed by atoms with E-state index >= 15 is 0 Å². The van der Waals surface area contributed by atoms with Gasteiger partial charge in [-0.15, -0.1) is 0 Å². The van der Waals surface area contributed by atoms with E-state index in [1.807, 2.05) is 0 Å². The third-order valence-electron chi connectivity index (χ3n) is 2.55. The molecule has 0 N–H and O–H groups in total. The summed E-state index contributed by atoms with van der Waals surface area (Å²) < 4.78 is 10.3. The van der Waals surface area contributed by atoms with Gasteiger partial charge in [-0.3, -0.25) is 9.78 Å². The molecule has 0 saturated carbocycles. The fraction of sp³-hybridized carbons (Fsp3) is 0.143. The van der Waals surface area contributed by atoms with Crippen LogP contribution in [-0.2, 0) is 0 Å². The highest BCUT2D eigenvalue weighted by molar-refractivity contribution is 5.95. The standard InChI is InChI=1S/C14H12N2O4/c1-9(17)10-3-4-12(13(7-10)19-2)20-14(18)11-8-15-5-6-16-11/h3-8H,1-2H3. The summed E-state index contributed by atoms with van der Waals surface area (Å²) in [6.45, 7) is 1.44. The van der Waals surface area contributed by atoms with Gasteiger partial charge >= 0.3 is 5.97 Å². The number of benzene rings is 1. The molecule has 0 aliphatic carbocycles. The molecular formula is C14H12N2O4. The fourth-order valence-corrected chi connectivity index (χ4v) is 1.53. The lowest BCUT2D eigenvalue weighted by Crippen LogP contribution is -2.11. The third-order valence-corrected chi connectivity index (χ3v) is 2.55. The number of carbonyl (C=O) groups excluding carboxylic acids is 2. The Labute approximate surface area is 115 Å². The first-order valence-corrected chi connectivity index (χ1v) is 5.79. The molecule has 2 aromatic rings. The number of hydrogen-bond acceptors (Lipinski definition) is 6. The van der Waals surface area contributed by atoms with E-state index < -0.39 is 5.97 Å². The van der Waals surface area contributed by atoms with Crippen LogP contribution in [0.5, 0.6) is 11.5 Å². The van der Waals surface area contributed by atoms with Gasteiger partial charge in [0, 0.05) is 18.0 Å². The maximum Gasteiger partial charge on any atom is 0.364 e. The van der Waals surface area contributed by atoms with Crippen molar-refractivity contribution in [2.24, 2.45) is 0 Å². The van der Waals surface area contributed by atoms with Crippen LogP contribution >= 0.6 is 0 Å². The largest absolute Gasteiger partial charge is 0.493 e. The van der Waals surface area contributed by atoms with E-state index in [0.717, 1.165) is 0 Å². The van der Waals surface area contributed by atoms with E-state index in [4.69, 9.17) is 9.47 Å². The summed E-state index contributed by atoms with van der Waals surface area (Å²) in [6, 6.07) is 4.58. The molecule has 6 nitrogen and oxygen atoms in total. The summed E-state index contributed by atoms with van der Waals surface area (Å²) >= 11 is 0. The molecule has 1 heterocycles. The number of hydrogen-bond donors (Lipinski definition) is 0. The van der Waals surface area contributed by atoms with Crippen molar-refractivity contribution in [2.75, 3.05) is 7.11 Å². The molecule has 2 rings (SSSR count). The predicted molar refractivity (Wildman–Crippen MR) is 70.0 cm³/mol. The van der Waals surface area contributed by atoms with Crippen LogP contribution in [0.3, 0.4) is 0 Å². The molecule has 0 saturated heterocycles. The SMILES string of the molecule is COc1cc(C(C)=O)ccc1OC(=O)c1cnccn1. The number of methoxy groups -OCH3 is 1. The summed E-state index contributed by atoms with van der Waals surface area (Å²) in [5.74, 6) is -0.231. The van der Waals surface area contributed by atoms with E-state index in [0.29, 0.717) is 11.3 Å². The van der Waals surface area contributed by atoms with Gasteiger partial charge in [0.25, 0.3) is 0 Å². The molecule has 1 aromatic carbocycles. The van der Waals surface area contributed by atoms with Crippen LogP contribution in [-0.4, -0.2) is 28.8 Å². The van der Waals surface area contributed by atoms with Gasteiger partial charge in [-0.2, -0.15) is 0 Å². The summed E-state index contributed by atoms with van der Waals surface area (Å²) in [5, 5.41) is 0. The number of rotatable bonds is 4. The van der Waals surface area contributed by atoms with Crippen LogP contribution < -0.4 is 9.47 Å². The molecule has 102 valence electrons. The minimum Gasteiger partial charge on any atom is -0.493 e. The van der Waals surface area contributed by atoms with Crippen molar-refractivity contribution < 1.29 is 19.1 Å². The lowest BCUT2D eigenvalue weighted by molar-refractivity contribution is 0.0723. The van der Waals surface area contributed by atoms with Crippen LogP contribution in [0.1, 0.15) is 27.8 Å². The Kier molecular flexibility index (Phi) is 4.05. The number of aromatic nitrogens is 2. The Bertz CT molecular complexity index is 641. The van der Waals surface area contributed by atoms with Gasteiger partial charge in [0.2, 0.25) is 0 Å². The molecule has 0 spiro atoms. The zero-order valence-electron chi connectivity index (χ0n) is 11.0. The molecular weight excluding hydrogens is 260 g/mol. The van der Waals surface area contributed by atoms with Crippen LogP contribution in [0, 0.1) is 0 Å². The zero-order valence-corrected chi connectivity index (χ0v) is 11.0. The lowest BCUT2D eigenvalue weighted by atomic mass is 10.1. The molecule has 6 heteroatoms. The highest BCUT2D eigenvalue weighted by Gasteiger charge is 2.14. The molecule has 0 aliphatic rings. The van der Waals surface area contributed by atoms with Gasteiger partial charge in [0.15, 0.2) is 23.0 Å². The molecule has 0 amide bonds. The van der Waals surface area contributed by atoms with Crippen molar-refractivity contribution >= 4 is 11.8 Å². The van der Waals surface area contributed by atoms with Gasteiger partial charge < -0.3 is 9.47 Å². The average molecular weight is 272 g/mol. The van der Waals surface area contributed by atoms with Crippen molar-refractivity contribution in [2.45, 2.75) is 6.92 Å². The van der Waals surface area contributed by atoms with Crippen molar-refractivity contribution in [1.82, 2.24) is 9.97 Å². The second kappa shape index (κ2) is 5.92. The molecule has 0 aliphatic heterocycles. The summed E-state index contributed by atoms with van der Waals surface area (Å²) in [6.07, 6.45) is 4.16. The van der Waals surface area contributed by atoms with Crippen LogP contribution in [0.4, 0.5) is 0 Å². The van der Waals surface area contributed by atoms with E-state index in [-0.39, 0.29) is 17.2 Å². The van der Waals surface area contributed by atoms with Crippen LogP contribution in [0.15, 0.2) is 36.8 Å². The smallest absolute Gasteiger partial charge is 0.364 e. The Morgan fingerprint density at radius 1 is 1.15 bits per heavy atom. The van der Waals surface area contributed by atoms with Crippen LogP contribution in [0.2, 0.25) is 0 Å². The number of ketones is 1. The number of nitrogens with zero attached hydrogens (tertiary/aromatic N) is 2. The second-order valence-electron chi connectivity index (χ2n) is 3.90. The average Bonchev–Trinajstić information content (AvgIpc) is 2.48. The van der Waals surface area contributed by atoms with Crippen LogP contribution in [0.25, 0.3) is 0 Å². The molecule has 1 aromatic heterocycles. The molecule has 20 heavy (non-hydrogen) atoms. The topological polar surface area (TPSA) is 78.4 Å². The van der Waals surface area contributed by atoms with E-state index in [9.17, 15) is 9.59 Å². The summed E-state index contributed by atoms with van der Waals surface area (Å²) in [7, 11) is 1.43. The molecule has 0 atom stereocenters. The third kappa shape index (κ3) is 2.97. The first-order valence-electron chi connectivity index (χ1n) is 5.79. The van der Waals surface area contributed by atoms with E-state index in [1.54, 1.807) is 6.07 Å². The monoisotopic (exact) mass is 272 g/mol. The van der Waals surface area contributed by atoms with Crippen molar-refractivity contribution in [1.29, 1.82) is 0 Å². The zero-order chi connectivity index (χ0) is 14.5. The predicted octanol–water partition coefficient (Wildman–Crippen LogP) is 1.91. The molecule has 0 bridgehead atoms. The van der Waals surface area contributed by atoms with E-state index in [1.165, 1.54) is 44.8 Å². The minimum atomic E-state index is -0.646. The fourth-order valence-electron chi connectivity index (χ4n) is 1.53. The van der Waals surface area contributed by atoms with Crippen molar-refractivity contribution in [3.63, 3.8) is 0 Å². The first-order chi connectivity index (χ1) is 9.61. The molecule has 0 radical (unpaired) electrons. The Hall–Kier alpha value is -2.76. The van der Waals surface area contributed by atoms with Gasteiger partial charge in [0.05, 0.1) is 13.3 Å². The Balaban J connectivity index is 2.25. The van der Waals surface area contributed by atoms with Crippen molar-refractivity contribution in [3.8, 4) is 11.5 Å². The van der Waals surface area contributed by atoms with Crippen molar-refractivity contribution in [3.05, 3.63) is 48.0 Å². The Morgan fingerprint density at radius 3 is 2.55 bits per heavy atom. The van der Waals surface area contributed by atoms with Gasteiger partial charge in [0.1, 0.15) is 0 Å². The number of ether oxygens (including phenoxy) is 2. The minimum absolute atomic E-state index is 0.0881. The maximum atomic E-state index is 11.9. The summed E-state index contributed by atoms with van der Waals surface area (Å²) in [4.78, 5) is 30.8. The number of esters is 1. The second-order valence-corrected chi connectivity index (χ2v) is 3.90. The molecule has 0 unspecified atom stereocenters. The molecule has 0 fully saturated rings. The first kappa shape index (κ1) is 13.7. The highest BCUT2D eigenvalue weighted by Crippen LogP contribution is 2.28. The maximum absolute atomic E-state index is 11.9. The normalized spacial score (nSPS) is 9.90. The van der Waals surface area contributed by atoms with Gasteiger partial charge in [-0.05, 0) is 25.1 Å².